The molecule has 0 radical (unpaired) electrons. The Morgan fingerprint density at radius 3 is 2.23 bits per heavy atom. The number of aromatic nitrogens is 2. The highest BCUT2D eigenvalue weighted by Crippen LogP contribution is 1.91. The molecule has 0 saturated carbocycles. The molecule has 0 aliphatic heterocycles. The lowest BCUT2D eigenvalue weighted by Crippen LogP contribution is -1.73. The van der Waals surface area contributed by atoms with Crippen molar-refractivity contribution >= 4 is 6.29 Å². The molecule has 0 saturated heterocycles. The fourth-order valence-corrected chi connectivity index (χ4v) is 0.747. The van der Waals surface area contributed by atoms with Gasteiger partial charge in [0, 0.05) is 18.0 Å². The minimum absolute atomic E-state index is 0.729. The van der Waals surface area contributed by atoms with Crippen LogP contribution in [0.25, 0.3) is 0 Å². The molecule has 0 aliphatic rings. The van der Waals surface area contributed by atoms with Crippen molar-refractivity contribution in [3.05, 3.63) is 54.4 Å². The fourth-order valence-electron chi connectivity index (χ4n) is 0.747. The van der Waals surface area contributed by atoms with Crippen molar-refractivity contribution in [3.63, 3.8) is 0 Å². The van der Waals surface area contributed by atoms with E-state index in [1.54, 1.807) is 24.5 Å². The summed E-state index contributed by atoms with van der Waals surface area (Å²) in [6.45, 7) is 0. The Bertz CT molecular complexity index is 299. The monoisotopic (exact) mass is 174 g/mol. The molecule has 2 rings (SSSR count). The number of hydrogen-bond acceptors (Lipinski definition) is 2. The predicted octanol–water partition coefficient (Wildman–Crippen LogP) is 1.91. The standard InChI is InChI=1S/C7H6O.C3H4N2/c8-6-7-4-2-1-3-5-7;1-2-4-5-3-1/h1-6H;1-3H,(H,4,5). The zero-order chi connectivity index (χ0) is 9.36. The third-order valence-electron chi connectivity index (χ3n) is 1.34. The summed E-state index contributed by atoms with van der Waals surface area (Å²) in [6.07, 6.45) is 4.29. The highest BCUT2D eigenvalue weighted by molar-refractivity contribution is 5.74. The van der Waals surface area contributed by atoms with Gasteiger partial charge in [-0.25, -0.2) is 0 Å². The second kappa shape index (κ2) is 5.71. The number of hydrogen-bond donors (Lipinski definition) is 1. The molecule has 0 unspecified atom stereocenters. The summed E-state index contributed by atoms with van der Waals surface area (Å²) in [7, 11) is 0. The van der Waals surface area contributed by atoms with E-state index in [1.165, 1.54) is 0 Å². The van der Waals surface area contributed by atoms with Gasteiger partial charge in [-0.1, -0.05) is 30.3 Å². The molecule has 1 aromatic carbocycles. The molecule has 66 valence electrons. The SMILES string of the molecule is O=Cc1ccccc1.c1cn[nH]c1. The average molecular weight is 174 g/mol. The van der Waals surface area contributed by atoms with Gasteiger partial charge in [-0.15, -0.1) is 0 Å². The summed E-state index contributed by atoms with van der Waals surface area (Å²) < 4.78 is 0. The first kappa shape index (κ1) is 9.19. The van der Waals surface area contributed by atoms with Crippen LogP contribution in [0, 0.1) is 0 Å². The van der Waals surface area contributed by atoms with Crippen LogP contribution in [-0.4, -0.2) is 16.5 Å². The number of nitrogens with one attached hydrogen (secondary N) is 1. The maximum Gasteiger partial charge on any atom is 0.150 e. The first-order valence-electron chi connectivity index (χ1n) is 3.87. The van der Waals surface area contributed by atoms with E-state index >= 15 is 0 Å². The summed E-state index contributed by atoms with van der Waals surface area (Å²) in [4.78, 5) is 10.0. The zero-order valence-electron chi connectivity index (χ0n) is 7.05. The topological polar surface area (TPSA) is 45.8 Å². The van der Waals surface area contributed by atoms with E-state index < -0.39 is 0 Å². The number of rotatable bonds is 1. The third kappa shape index (κ3) is 3.86. The molecule has 2 aromatic rings. The maximum atomic E-state index is 10.0. The van der Waals surface area contributed by atoms with Crippen molar-refractivity contribution in [2.24, 2.45) is 0 Å². The Balaban J connectivity index is 0.000000145. The summed E-state index contributed by atoms with van der Waals surface area (Å²) in [5.74, 6) is 0. The number of nitrogens with zero attached hydrogens (tertiary/aromatic N) is 1. The van der Waals surface area contributed by atoms with Gasteiger partial charge in [-0.2, -0.15) is 5.10 Å². The van der Waals surface area contributed by atoms with Crippen LogP contribution >= 0.6 is 0 Å². The quantitative estimate of drug-likeness (QED) is 0.671. The van der Waals surface area contributed by atoms with Gasteiger partial charge in [0.05, 0.1) is 0 Å². The van der Waals surface area contributed by atoms with E-state index in [4.69, 9.17) is 0 Å². The molecule has 0 atom stereocenters. The van der Waals surface area contributed by atoms with Crippen LogP contribution in [0.2, 0.25) is 0 Å². The molecule has 0 fully saturated rings. The predicted molar refractivity (Wildman–Crippen MR) is 50.4 cm³/mol. The zero-order valence-corrected chi connectivity index (χ0v) is 7.05. The van der Waals surface area contributed by atoms with Crippen molar-refractivity contribution in [3.8, 4) is 0 Å². The molecule has 3 nitrogen and oxygen atoms in total. The average Bonchev–Trinajstić information content (AvgIpc) is 2.77. The lowest BCUT2D eigenvalue weighted by Gasteiger charge is -1.81. The van der Waals surface area contributed by atoms with Crippen molar-refractivity contribution in [2.45, 2.75) is 0 Å². The largest absolute Gasteiger partial charge is 0.298 e. The highest BCUT2D eigenvalue weighted by atomic mass is 16.1. The smallest absolute Gasteiger partial charge is 0.150 e. The van der Waals surface area contributed by atoms with E-state index in [1.807, 2.05) is 24.3 Å². The van der Waals surface area contributed by atoms with Crippen LogP contribution in [0.5, 0.6) is 0 Å². The number of H-pyrrole nitrogens is 1. The summed E-state index contributed by atoms with van der Waals surface area (Å²) >= 11 is 0. The second-order valence-electron chi connectivity index (χ2n) is 2.29. The van der Waals surface area contributed by atoms with E-state index in [2.05, 4.69) is 10.2 Å². The van der Waals surface area contributed by atoms with Gasteiger partial charge in [0.1, 0.15) is 6.29 Å². The van der Waals surface area contributed by atoms with Crippen molar-refractivity contribution in [1.82, 2.24) is 10.2 Å². The van der Waals surface area contributed by atoms with Crippen LogP contribution in [0.3, 0.4) is 0 Å². The second-order valence-corrected chi connectivity index (χ2v) is 2.29. The number of benzene rings is 1. The Morgan fingerprint density at radius 1 is 1.15 bits per heavy atom. The lowest BCUT2D eigenvalue weighted by atomic mass is 10.2. The van der Waals surface area contributed by atoms with Crippen LogP contribution in [-0.2, 0) is 0 Å². The van der Waals surface area contributed by atoms with Gasteiger partial charge < -0.3 is 0 Å². The van der Waals surface area contributed by atoms with Crippen molar-refractivity contribution in [1.29, 1.82) is 0 Å². The molecule has 1 N–H and O–H groups in total. The summed E-state index contributed by atoms with van der Waals surface area (Å²) in [6, 6.07) is 10.9. The van der Waals surface area contributed by atoms with Gasteiger partial charge >= 0.3 is 0 Å². The molecule has 1 aromatic heterocycles. The Morgan fingerprint density at radius 2 is 1.92 bits per heavy atom. The highest BCUT2D eigenvalue weighted by Gasteiger charge is 1.79. The molecule has 0 bridgehead atoms. The molecule has 1 heterocycles. The summed E-state index contributed by atoms with van der Waals surface area (Å²) in [5.41, 5.74) is 0.729. The molecular weight excluding hydrogens is 164 g/mol. The van der Waals surface area contributed by atoms with Crippen LogP contribution < -0.4 is 0 Å². The van der Waals surface area contributed by atoms with Crippen LogP contribution in [0.1, 0.15) is 10.4 Å². The normalized spacial score (nSPS) is 8.31. The van der Waals surface area contributed by atoms with Gasteiger partial charge in [-0.05, 0) is 6.07 Å². The summed E-state index contributed by atoms with van der Waals surface area (Å²) in [5, 5.41) is 6.21. The van der Waals surface area contributed by atoms with Gasteiger partial charge in [0.15, 0.2) is 0 Å². The number of aromatic amines is 1. The first-order chi connectivity index (χ1) is 6.43. The maximum absolute atomic E-state index is 10.0. The number of aldehydes is 1. The number of carbonyl (C=O) groups is 1. The van der Waals surface area contributed by atoms with Gasteiger partial charge in [-0.3, -0.25) is 9.89 Å². The van der Waals surface area contributed by atoms with E-state index in [-0.39, 0.29) is 0 Å². The molecule has 0 amide bonds. The Labute approximate surface area is 76.4 Å². The third-order valence-corrected chi connectivity index (χ3v) is 1.34. The number of carbonyl (C=O) groups excluding carboxylic acids is 1. The Hall–Kier alpha value is -1.90. The Kier molecular flexibility index (Phi) is 4.04. The molecule has 0 spiro atoms. The van der Waals surface area contributed by atoms with Crippen LogP contribution in [0.15, 0.2) is 48.8 Å². The van der Waals surface area contributed by atoms with Gasteiger partial charge in [0.2, 0.25) is 0 Å². The lowest BCUT2D eigenvalue weighted by molar-refractivity contribution is 0.112. The minimum atomic E-state index is 0.729. The molecule has 3 heteroatoms. The molecular formula is C10H10N2O. The van der Waals surface area contributed by atoms with Gasteiger partial charge in [0.25, 0.3) is 0 Å². The van der Waals surface area contributed by atoms with E-state index in [0.29, 0.717) is 0 Å². The fraction of sp³-hybridized carbons (Fsp3) is 0. The van der Waals surface area contributed by atoms with E-state index in [0.717, 1.165) is 11.8 Å². The van der Waals surface area contributed by atoms with Crippen molar-refractivity contribution < 1.29 is 4.79 Å². The molecule has 13 heavy (non-hydrogen) atoms. The van der Waals surface area contributed by atoms with Crippen LogP contribution in [0.4, 0.5) is 0 Å². The minimum Gasteiger partial charge on any atom is -0.298 e. The van der Waals surface area contributed by atoms with Crippen molar-refractivity contribution in [2.75, 3.05) is 0 Å². The first-order valence-corrected chi connectivity index (χ1v) is 3.87. The molecule has 0 aliphatic carbocycles. The van der Waals surface area contributed by atoms with E-state index in [9.17, 15) is 4.79 Å².